The van der Waals surface area contributed by atoms with Crippen molar-refractivity contribution in [2.24, 2.45) is 5.73 Å². The highest BCUT2D eigenvalue weighted by Crippen LogP contribution is 2.27. The summed E-state index contributed by atoms with van der Waals surface area (Å²) in [5, 5.41) is 4.29. The van der Waals surface area contributed by atoms with E-state index in [4.69, 9.17) is 10.2 Å². The normalized spacial score (nSPS) is 12.5. The SMILES string of the molecule is NCC(Nc1ccc(F)c(Br)c1)c1cc2ccccc2o1. The van der Waals surface area contributed by atoms with Crippen molar-refractivity contribution in [3.8, 4) is 0 Å². The van der Waals surface area contributed by atoms with E-state index in [1.807, 2.05) is 30.3 Å². The molecule has 0 aliphatic rings. The van der Waals surface area contributed by atoms with E-state index in [9.17, 15) is 4.39 Å². The summed E-state index contributed by atoms with van der Waals surface area (Å²) in [5.41, 5.74) is 7.44. The lowest BCUT2D eigenvalue weighted by Gasteiger charge is -2.16. The molecule has 108 valence electrons. The Bertz CT molecular complexity index is 739. The molecule has 3 nitrogen and oxygen atoms in total. The molecule has 0 radical (unpaired) electrons. The summed E-state index contributed by atoms with van der Waals surface area (Å²) in [6, 6.07) is 14.4. The first-order valence-electron chi connectivity index (χ1n) is 6.57. The Kier molecular flexibility index (Phi) is 3.94. The first-order valence-corrected chi connectivity index (χ1v) is 7.37. The molecule has 0 aliphatic heterocycles. The van der Waals surface area contributed by atoms with Gasteiger partial charge in [-0.05, 0) is 46.3 Å². The molecule has 1 aromatic heterocycles. The Morgan fingerprint density at radius 1 is 1.19 bits per heavy atom. The third kappa shape index (κ3) is 2.94. The Balaban J connectivity index is 1.88. The zero-order chi connectivity index (χ0) is 14.8. The number of fused-ring (bicyclic) bond motifs is 1. The Morgan fingerprint density at radius 2 is 2.00 bits per heavy atom. The maximum absolute atomic E-state index is 13.3. The molecule has 0 saturated heterocycles. The maximum atomic E-state index is 13.3. The molecule has 0 bridgehead atoms. The number of rotatable bonds is 4. The molecule has 1 heterocycles. The number of halogens is 2. The van der Waals surface area contributed by atoms with Gasteiger partial charge in [-0.25, -0.2) is 4.39 Å². The average molecular weight is 349 g/mol. The fourth-order valence-electron chi connectivity index (χ4n) is 2.21. The first kappa shape index (κ1) is 14.1. The van der Waals surface area contributed by atoms with Crippen LogP contribution in [0.25, 0.3) is 11.0 Å². The molecule has 3 rings (SSSR count). The van der Waals surface area contributed by atoms with Crippen LogP contribution in [0.2, 0.25) is 0 Å². The van der Waals surface area contributed by atoms with Gasteiger partial charge in [0.05, 0.1) is 10.5 Å². The van der Waals surface area contributed by atoms with Crippen LogP contribution in [0.4, 0.5) is 10.1 Å². The Hall–Kier alpha value is -1.85. The van der Waals surface area contributed by atoms with Gasteiger partial charge in [0.1, 0.15) is 17.2 Å². The number of benzene rings is 2. The second-order valence-electron chi connectivity index (χ2n) is 4.75. The van der Waals surface area contributed by atoms with Crippen LogP contribution in [0.1, 0.15) is 11.8 Å². The summed E-state index contributed by atoms with van der Waals surface area (Å²) in [6.07, 6.45) is 0. The van der Waals surface area contributed by atoms with E-state index in [-0.39, 0.29) is 11.9 Å². The number of nitrogens with two attached hydrogens (primary N) is 1. The van der Waals surface area contributed by atoms with Gasteiger partial charge in [-0.15, -0.1) is 0 Å². The standard InChI is InChI=1S/C16H14BrFN2O/c17-12-8-11(5-6-13(12)18)20-14(9-19)16-7-10-3-1-2-4-15(10)21-16/h1-8,14,20H,9,19H2. The van der Waals surface area contributed by atoms with Crippen LogP contribution in [0.15, 0.2) is 57.4 Å². The number of hydrogen-bond donors (Lipinski definition) is 2. The number of nitrogens with one attached hydrogen (secondary N) is 1. The van der Waals surface area contributed by atoms with Gasteiger partial charge in [-0.2, -0.15) is 0 Å². The van der Waals surface area contributed by atoms with Crippen molar-refractivity contribution in [1.82, 2.24) is 0 Å². The highest BCUT2D eigenvalue weighted by Gasteiger charge is 2.15. The van der Waals surface area contributed by atoms with Crippen LogP contribution in [0.5, 0.6) is 0 Å². The molecule has 2 aromatic carbocycles. The summed E-state index contributed by atoms with van der Waals surface area (Å²) in [6.45, 7) is 0.370. The average Bonchev–Trinajstić information content (AvgIpc) is 2.92. The summed E-state index contributed by atoms with van der Waals surface area (Å²) in [5.74, 6) is 0.465. The van der Waals surface area contributed by atoms with Gasteiger partial charge < -0.3 is 15.5 Å². The van der Waals surface area contributed by atoms with Gasteiger partial charge in [0.15, 0.2) is 0 Å². The smallest absolute Gasteiger partial charge is 0.137 e. The lowest BCUT2D eigenvalue weighted by Crippen LogP contribution is -2.20. The lowest BCUT2D eigenvalue weighted by atomic mass is 10.2. The maximum Gasteiger partial charge on any atom is 0.137 e. The summed E-state index contributed by atoms with van der Waals surface area (Å²) >= 11 is 3.17. The summed E-state index contributed by atoms with van der Waals surface area (Å²) < 4.78 is 19.5. The van der Waals surface area contributed by atoms with E-state index in [1.165, 1.54) is 6.07 Å². The Labute approximate surface area is 130 Å². The molecular formula is C16H14BrFN2O. The van der Waals surface area contributed by atoms with Gasteiger partial charge in [0.25, 0.3) is 0 Å². The van der Waals surface area contributed by atoms with E-state index >= 15 is 0 Å². The van der Waals surface area contributed by atoms with E-state index in [1.54, 1.807) is 12.1 Å². The van der Waals surface area contributed by atoms with Gasteiger partial charge >= 0.3 is 0 Å². The lowest BCUT2D eigenvalue weighted by molar-refractivity contribution is 0.514. The number of anilines is 1. The van der Waals surface area contributed by atoms with Gasteiger partial charge in [0, 0.05) is 17.6 Å². The van der Waals surface area contributed by atoms with Crippen molar-refractivity contribution in [1.29, 1.82) is 0 Å². The van der Waals surface area contributed by atoms with Crippen molar-refractivity contribution in [2.45, 2.75) is 6.04 Å². The van der Waals surface area contributed by atoms with Crippen LogP contribution in [-0.2, 0) is 0 Å². The molecular weight excluding hydrogens is 335 g/mol. The van der Waals surface area contributed by atoms with Gasteiger partial charge in [-0.3, -0.25) is 0 Å². The molecule has 21 heavy (non-hydrogen) atoms. The molecule has 5 heteroatoms. The molecule has 3 aromatic rings. The second-order valence-corrected chi connectivity index (χ2v) is 5.60. The Morgan fingerprint density at radius 3 is 2.71 bits per heavy atom. The number of para-hydroxylation sites is 1. The molecule has 1 unspecified atom stereocenters. The zero-order valence-electron chi connectivity index (χ0n) is 11.1. The minimum absolute atomic E-state index is 0.172. The highest BCUT2D eigenvalue weighted by atomic mass is 79.9. The number of hydrogen-bond acceptors (Lipinski definition) is 3. The molecule has 3 N–H and O–H groups in total. The van der Waals surface area contributed by atoms with Crippen molar-refractivity contribution in [3.05, 3.63) is 64.6 Å². The van der Waals surface area contributed by atoms with Crippen LogP contribution >= 0.6 is 15.9 Å². The van der Waals surface area contributed by atoms with Gasteiger partial charge in [-0.1, -0.05) is 18.2 Å². The first-order chi connectivity index (χ1) is 10.2. The predicted molar refractivity (Wildman–Crippen MR) is 85.7 cm³/mol. The van der Waals surface area contributed by atoms with E-state index in [0.29, 0.717) is 11.0 Å². The summed E-state index contributed by atoms with van der Waals surface area (Å²) in [4.78, 5) is 0. The van der Waals surface area contributed by atoms with Gasteiger partial charge in [0.2, 0.25) is 0 Å². The van der Waals surface area contributed by atoms with Crippen molar-refractivity contribution < 1.29 is 8.81 Å². The zero-order valence-corrected chi connectivity index (χ0v) is 12.7. The van der Waals surface area contributed by atoms with Crippen LogP contribution in [0, 0.1) is 5.82 Å². The second kappa shape index (κ2) is 5.87. The van der Waals surface area contributed by atoms with Crippen molar-refractivity contribution in [3.63, 3.8) is 0 Å². The molecule has 1 atom stereocenters. The quantitative estimate of drug-likeness (QED) is 0.732. The van der Waals surface area contributed by atoms with E-state index in [0.717, 1.165) is 22.4 Å². The van der Waals surface area contributed by atoms with E-state index < -0.39 is 0 Å². The fraction of sp³-hybridized carbons (Fsp3) is 0.125. The number of furan rings is 1. The molecule has 0 spiro atoms. The molecule has 0 amide bonds. The fourth-order valence-corrected chi connectivity index (χ4v) is 2.59. The van der Waals surface area contributed by atoms with Crippen LogP contribution in [-0.4, -0.2) is 6.54 Å². The third-order valence-corrected chi connectivity index (χ3v) is 3.89. The topological polar surface area (TPSA) is 51.2 Å². The van der Waals surface area contributed by atoms with Crippen molar-refractivity contribution in [2.75, 3.05) is 11.9 Å². The minimum atomic E-state index is -0.298. The predicted octanol–water partition coefficient (Wildman–Crippen LogP) is 4.45. The molecule has 0 saturated carbocycles. The van der Waals surface area contributed by atoms with Crippen LogP contribution < -0.4 is 11.1 Å². The third-order valence-electron chi connectivity index (χ3n) is 3.28. The highest BCUT2D eigenvalue weighted by molar-refractivity contribution is 9.10. The minimum Gasteiger partial charge on any atom is -0.459 e. The summed E-state index contributed by atoms with van der Waals surface area (Å²) in [7, 11) is 0. The molecule has 0 aliphatic carbocycles. The monoisotopic (exact) mass is 348 g/mol. The largest absolute Gasteiger partial charge is 0.459 e. The van der Waals surface area contributed by atoms with Crippen LogP contribution in [0.3, 0.4) is 0 Å². The van der Waals surface area contributed by atoms with E-state index in [2.05, 4.69) is 21.2 Å². The van der Waals surface area contributed by atoms with Crippen molar-refractivity contribution >= 4 is 32.6 Å². The molecule has 0 fully saturated rings.